The lowest BCUT2D eigenvalue weighted by atomic mass is 10.2. The van der Waals surface area contributed by atoms with Gasteiger partial charge in [0.25, 0.3) is 0 Å². The predicted molar refractivity (Wildman–Crippen MR) is 119 cm³/mol. The van der Waals surface area contributed by atoms with Crippen LogP contribution in [0.4, 0.5) is 19.0 Å². The van der Waals surface area contributed by atoms with Crippen molar-refractivity contribution in [1.29, 1.82) is 0 Å². The quantitative estimate of drug-likeness (QED) is 0.281. The van der Waals surface area contributed by atoms with Crippen molar-refractivity contribution >= 4 is 35.2 Å². The third-order valence-corrected chi connectivity index (χ3v) is 4.87. The van der Waals surface area contributed by atoms with Gasteiger partial charge in [0.05, 0.1) is 28.4 Å². The molecule has 1 N–H and O–H groups in total. The molecule has 168 valence electrons. The molecule has 0 saturated carbocycles. The molecule has 0 bridgehead atoms. The normalized spacial score (nSPS) is 11.6. The summed E-state index contributed by atoms with van der Waals surface area (Å²) in [6, 6.07) is 12.6. The number of aromatic nitrogens is 1. The van der Waals surface area contributed by atoms with Gasteiger partial charge in [-0.05, 0) is 60.5 Å². The summed E-state index contributed by atoms with van der Waals surface area (Å²) in [5.74, 6) is 1.23. The highest BCUT2D eigenvalue weighted by Crippen LogP contribution is 2.30. The highest BCUT2D eigenvalue weighted by molar-refractivity contribution is 6.42. The maximum atomic E-state index is 12.6. The third kappa shape index (κ3) is 6.51. The van der Waals surface area contributed by atoms with E-state index in [1.54, 1.807) is 30.3 Å². The van der Waals surface area contributed by atoms with Crippen molar-refractivity contribution in [2.75, 3.05) is 12.0 Å². The Kier molecular flexibility index (Phi) is 7.82. The van der Waals surface area contributed by atoms with Gasteiger partial charge < -0.3 is 9.47 Å². The number of anilines is 1. The van der Waals surface area contributed by atoms with Crippen LogP contribution in [-0.2, 0) is 12.8 Å². The minimum absolute atomic E-state index is 0.181. The van der Waals surface area contributed by atoms with Crippen LogP contribution in [-0.4, -0.2) is 17.8 Å². The van der Waals surface area contributed by atoms with E-state index in [4.69, 9.17) is 32.7 Å². The Morgan fingerprint density at radius 1 is 1.00 bits per heavy atom. The Labute approximate surface area is 192 Å². The molecular weight excluding hydrogens is 466 g/mol. The highest BCUT2D eigenvalue weighted by atomic mass is 35.5. The molecular formula is C22H18Cl2F3N3O2. The average Bonchev–Trinajstić information content (AvgIpc) is 2.75. The number of benzene rings is 2. The second-order valence-electron chi connectivity index (χ2n) is 6.48. The largest absolute Gasteiger partial charge is 0.490 e. The minimum Gasteiger partial charge on any atom is -0.490 e. The van der Waals surface area contributed by atoms with Gasteiger partial charge in [-0.3, -0.25) is 5.43 Å². The summed E-state index contributed by atoms with van der Waals surface area (Å²) >= 11 is 12.0. The number of halogens is 5. The van der Waals surface area contributed by atoms with Crippen molar-refractivity contribution in [3.8, 4) is 11.5 Å². The molecule has 1 aromatic heterocycles. The SMILES string of the molecule is CCOc1cc(/C=N\Nc2ccc(C(F)(F)F)cn2)ccc1OCc1ccc(Cl)c(Cl)c1. The summed E-state index contributed by atoms with van der Waals surface area (Å²) < 4.78 is 49.3. The molecule has 0 radical (unpaired) electrons. The zero-order valence-corrected chi connectivity index (χ0v) is 18.3. The summed E-state index contributed by atoms with van der Waals surface area (Å²) in [7, 11) is 0. The fourth-order valence-electron chi connectivity index (χ4n) is 2.58. The van der Waals surface area contributed by atoms with Crippen molar-refractivity contribution in [3.05, 3.63) is 81.5 Å². The van der Waals surface area contributed by atoms with E-state index in [0.29, 0.717) is 33.7 Å². The van der Waals surface area contributed by atoms with Crippen LogP contribution in [0.5, 0.6) is 11.5 Å². The molecule has 32 heavy (non-hydrogen) atoms. The molecule has 10 heteroatoms. The zero-order valence-electron chi connectivity index (χ0n) is 16.8. The Bertz CT molecular complexity index is 1090. The lowest BCUT2D eigenvalue weighted by molar-refractivity contribution is -0.137. The highest BCUT2D eigenvalue weighted by Gasteiger charge is 2.30. The molecule has 0 unspecified atom stereocenters. The Balaban J connectivity index is 1.66. The first-order chi connectivity index (χ1) is 15.3. The van der Waals surface area contributed by atoms with Gasteiger partial charge in [0, 0.05) is 6.20 Å². The van der Waals surface area contributed by atoms with Gasteiger partial charge >= 0.3 is 6.18 Å². The monoisotopic (exact) mass is 483 g/mol. The molecule has 1 heterocycles. The number of pyridine rings is 1. The van der Waals surface area contributed by atoms with Gasteiger partial charge in [0.2, 0.25) is 0 Å². The summed E-state index contributed by atoms with van der Waals surface area (Å²) in [4.78, 5) is 3.69. The Morgan fingerprint density at radius 2 is 1.81 bits per heavy atom. The molecule has 0 spiro atoms. The van der Waals surface area contributed by atoms with Crippen LogP contribution in [0.1, 0.15) is 23.6 Å². The molecule has 5 nitrogen and oxygen atoms in total. The third-order valence-electron chi connectivity index (χ3n) is 4.13. The maximum Gasteiger partial charge on any atom is 0.417 e. The molecule has 0 saturated heterocycles. The predicted octanol–water partition coefficient (Wildman–Crippen LogP) is 6.83. The molecule has 0 aliphatic carbocycles. The smallest absolute Gasteiger partial charge is 0.417 e. The minimum atomic E-state index is -4.44. The summed E-state index contributed by atoms with van der Waals surface area (Å²) in [6.45, 7) is 2.55. The van der Waals surface area contributed by atoms with Crippen molar-refractivity contribution in [2.45, 2.75) is 19.7 Å². The topological polar surface area (TPSA) is 55.7 Å². The van der Waals surface area contributed by atoms with Crippen molar-refractivity contribution in [3.63, 3.8) is 0 Å². The number of rotatable bonds is 8. The second-order valence-corrected chi connectivity index (χ2v) is 7.29. The van der Waals surface area contributed by atoms with E-state index in [1.807, 2.05) is 13.0 Å². The number of hydrogen-bond donors (Lipinski definition) is 1. The molecule has 2 aromatic carbocycles. The maximum absolute atomic E-state index is 12.6. The first-order valence-corrected chi connectivity index (χ1v) is 10.2. The molecule has 3 rings (SSSR count). The van der Waals surface area contributed by atoms with E-state index in [1.165, 1.54) is 12.3 Å². The number of ether oxygens (including phenoxy) is 2. The van der Waals surface area contributed by atoms with Crippen molar-refractivity contribution in [1.82, 2.24) is 4.98 Å². The van der Waals surface area contributed by atoms with Crippen LogP contribution in [0, 0.1) is 0 Å². The van der Waals surface area contributed by atoms with Gasteiger partial charge in [0.1, 0.15) is 12.4 Å². The second kappa shape index (κ2) is 10.6. The van der Waals surface area contributed by atoms with Gasteiger partial charge in [-0.1, -0.05) is 29.3 Å². The van der Waals surface area contributed by atoms with Gasteiger partial charge in [-0.15, -0.1) is 0 Å². The Hall–Kier alpha value is -2.97. The van der Waals surface area contributed by atoms with Crippen LogP contribution in [0.2, 0.25) is 10.0 Å². The number of nitrogens with one attached hydrogen (secondary N) is 1. The summed E-state index contributed by atoms with van der Waals surface area (Å²) in [6.07, 6.45) is -2.20. The van der Waals surface area contributed by atoms with Crippen molar-refractivity contribution in [2.24, 2.45) is 5.10 Å². The van der Waals surface area contributed by atoms with Crippen LogP contribution in [0.25, 0.3) is 0 Å². The van der Waals surface area contributed by atoms with Crippen LogP contribution < -0.4 is 14.9 Å². The van der Waals surface area contributed by atoms with Crippen LogP contribution >= 0.6 is 23.2 Å². The van der Waals surface area contributed by atoms with E-state index in [-0.39, 0.29) is 12.4 Å². The number of nitrogens with zero attached hydrogens (tertiary/aromatic N) is 2. The van der Waals surface area contributed by atoms with Crippen molar-refractivity contribution < 1.29 is 22.6 Å². The van der Waals surface area contributed by atoms with E-state index in [0.717, 1.165) is 17.8 Å². The average molecular weight is 484 g/mol. The number of alkyl halides is 3. The van der Waals surface area contributed by atoms with Crippen LogP contribution in [0.15, 0.2) is 59.8 Å². The number of hydrogen-bond acceptors (Lipinski definition) is 5. The number of hydrazone groups is 1. The molecule has 0 aliphatic heterocycles. The standard InChI is InChI=1S/C22H18Cl2F3N3O2/c1-2-31-20-10-14(11-29-30-21-8-5-16(12-28-21)22(25,26)27)4-7-19(20)32-13-15-3-6-17(23)18(24)9-15/h3-12H,2,13H2,1H3,(H,28,30)/b29-11-. The fourth-order valence-corrected chi connectivity index (χ4v) is 2.90. The Morgan fingerprint density at radius 3 is 2.47 bits per heavy atom. The van der Waals surface area contributed by atoms with Gasteiger partial charge in [0.15, 0.2) is 11.5 Å². The van der Waals surface area contributed by atoms with E-state index < -0.39 is 11.7 Å². The molecule has 0 aliphatic rings. The summed E-state index contributed by atoms with van der Waals surface area (Å²) in [5.41, 5.74) is 3.30. The lowest BCUT2D eigenvalue weighted by Crippen LogP contribution is -2.05. The lowest BCUT2D eigenvalue weighted by Gasteiger charge is -2.13. The van der Waals surface area contributed by atoms with Gasteiger partial charge in [-0.25, -0.2) is 4.98 Å². The molecule has 0 atom stereocenters. The first kappa shape index (κ1) is 23.7. The zero-order chi connectivity index (χ0) is 23.1. The van der Waals surface area contributed by atoms with E-state index >= 15 is 0 Å². The van der Waals surface area contributed by atoms with Gasteiger partial charge in [-0.2, -0.15) is 18.3 Å². The molecule has 3 aromatic rings. The fraction of sp³-hybridized carbons (Fsp3) is 0.182. The molecule has 0 amide bonds. The van der Waals surface area contributed by atoms with E-state index in [9.17, 15) is 13.2 Å². The molecule has 0 fully saturated rings. The first-order valence-electron chi connectivity index (χ1n) is 9.42. The van der Waals surface area contributed by atoms with E-state index in [2.05, 4.69) is 15.5 Å². The van der Waals surface area contributed by atoms with Crippen LogP contribution in [0.3, 0.4) is 0 Å². The summed E-state index contributed by atoms with van der Waals surface area (Å²) in [5, 5.41) is 4.91.